The van der Waals surface area contributed by atoms with Crippen LogP contribution < -0.4 is 19.5 Å². The second kappa shape index (κ2) is 18.2. The summed E-state index contributed by atoms with van der Waals surface area (Å²) >= 11 is 0. The number of hydrogen-bond acceptors (Lipinski definition) is 9. The Morgan fingerprint density at radius 2 is 1.52 bits per heavy atom. The molecule has 2 unspecified atom stereocenters. The third-order valence-electron chi connectivity index (χ3n) is 8.64. The van der Waals surface area contributed by atoms with Gasteiger partial charge in [-0.2, -0.15) is 0 Å². The van der Waals surface area contributed by atoms with Crippen LogP contribution in [0.3, 0.4) is 0 Å². The molecule has 2 N–H and O–H groups in total. The van der Waals surface area contributed by atoms with Crippen LogP contribution in [-0.4, -0.2) is 83.8 Å². The van der Waals surface area contributed by atoms with Gasteiger partial charge in [0.2, 0.25) is 0 Å². The van der Waals surface area contributed by atoms with Gasteiger partial charge in [0.15, 0.2) is 0 Å². The van der Waals surface area contributed by atoms with Crippen molar-refractivity contribution in [3.63, 3.8) is 0 Å². The summed E-state index contributed by atoms with van der Waals surface area (Å²) in [5.74, 6) is 2.37. The van der Waals surface area contributed by atoms with E-state index in [0.717, 1.165) is 51.1 Å². The van der Waals surface area contributed by atoms with E-state index >= 15 is 0 Å². The largest absolute Gasteiger partial charge is 0.496 e. The Labute approximate surface area is 284 Å². The van der Waals surface area contributed by atoms with Crippen molar-refractivity contribution >= 4 is 10.8 Å². The highest BCUT2D eigenvalue weighted by Gasteiger charge is 2.36. The van der Waals surface area contributed by atoms with E-state index in [1.165, 1.54) is 0 Å². The molecule has 9 heteroatoms. The van der Waals surface area contributed by atoms with Crippen molar-refractivity contribution in [3.05, 3.63) is 102 Å². The summed E-state index contributed by atoms with van der Waals surface area (Å²) in [5, 5.41) is 16.0. The number of nitrogens with one attached hydrogen (secondary N) is 1. The number of ether oxygens (including phenoxy) is 7. The minimum atomic E-state index is -0.710. The molecular weight excluding hydrogens is 610 g/mol. The van der Waals surface area contributed by atoms with Gasteiger partial charge < -0.3 is 43.6 Å². The van der Waals surface area contributed by atoms with Crippen LogP contribution in [0.15, 0.2) is 84.9 Å². The van der Waals surface area contributed by atoms with E-state index in [9.17, 15) is 5.11 Å². The maximum absolute atomic E-state index is 10.3. The number of benzene rings is 4. The van der Waals surface area contributed by atoms with Gasteiger partial charge in [-0.1, -0.05) is 54.6 Å². The van der Waals surface area contributed by atoms with E-state index < -0.39 is 6.10 Å². The molecule has 0 aromatic heterocycles. The molecule has 4 aromatic carbocycles. The summed E-state index contributed by atoms with van der Waals surface area (Å²) < 4.78 is 41.3. The third kappa shape index (κ3) is 9.69. The minimum Gasteiger partial charge on any atom is -0.496 e. The van der Waals surface area contributed by atoms with E-state index in [4.69, 9.17) is 33.2 Å². The molecule has 258 valence electrons. The molecule has 0 bridgehead atoms. The Balaban J connectivity index is 1.23. The van der Waals surface area contributed by atoms with Crippen molar-refractivity contribution in [1.82, 2.24) is 5.32 Å². The number of para-hydroxylation sites is 1. The van der Waals surface area contributed by atoms with Gasteiger partial charge in [0.25, 0.3) is 0 Å². The van der Waals surface area contributed by atoms with Gasteiger partial charge in [0.05, 0.1) is 65.6 Å². The third-order valence-corrected chi connectivity index (χ3v) is 8.64. The highest BCUT2D eigenvalue weighted by atomic mass is 16.5. The molecule has 5 rings (SSSR count). The molecule has 9 nitrogen and oxygen atoms in total. The molecule has 0 aliphatic carbocycles. The number of aliphatic hydroxyl groups is 1. The Morgan fingerprint density at radius 1 is 0.792 bits per heavy atom. The maximum atomic E-state index is 10.3. The van der Waals surface area contributed by atoms with Crippen molar-refractivity contribution in [2.45, 2.75) is 56.9 Å². The Bertz CT molecular complexity index is 1550. The predicted octanol–water partition coefficient (Wildman–Crippen LogP) is 5.90. The molecule has 0 spiro atoms. The summed E-state index contributed by atoms with van der Waals surface area (Å²) in [6, 6.07) is 28.4. The van der Waals surface area contributed by atoms with E-state index in [1.54, 1.807) is 21.3 Å². The van der Waals surface area contributed by atoms with Crippen LogP contribution >= 0.6 is 0 Å². The first kappa shape index (κ1) is 35.6. The van der Waals surface area contributed by atoms with E-state index in [1.807, 2.05) is 61.5 Å². The summed E-state index contributed by atoms with van der Waals surface area (Å²) in [7, 11) is 4.93. The van der Waals surface area contributed by atoms with Crippen LogP contribution in [0.2, 0.25) is 0 Å². The lowest BCUT2D eigenvalue weighted by atomic mass is 9.85. The average Bonchev–Trinajstić information content (AvgIpc) is 3.12. The molecule has 0 saturated carbocycles. The van der Waals surface area contributed by atoms with Gasteiger partial charge in [-0.25, -0.2) is 0 Å². The Kier molecular flexibility index (Phi) is 13.5. The summed E-state index contributed by atoms with van der Waals surface area (Å²) in [6.07, 6.45) is -0.376. The van der Waals surface area contributed by atoms with Crippen LogP contribution in [0.5, 0.6) is 17.2 Å². The smallest absolute Gasteiger partial charge is 0.127 e. The zero-order valence-corrected chi connectivity index (χ0v) is 28.4. The molecule has 1 fully saturated rings. The topological polar surface area (TPSA) is 96.9 Å². The van der Waals surface area contributed by atoms with Crippen LogP contribution in [0.25, 0.3) is 10.8 Å². The van der Waals surface area contributed by atoms with Crippen LogP contribution in [0, 0.1) is 0 Å². The number of hydrogen-bond donors (Lipinski definition) is 2. The minimum absolute atomic E-state index is 0.0271. The van der Waals surface area contributed by atoms with Crippen molar-refractivity contribution in [2.24, 2.45) is 0 Å². The van der Waals surface area contributed by atoms with Gasteiger partial charge in [-0.05, 0) is 53.8 Å². The molecule has 1 saturated heterocycles. The van der Waals surface area contributed by atoms with Crippen molar-refractivity contribution in [1.29, 1.82) is 0 Å². The Hall–Kier alpha value is -3.70. The van der Waals surface area contributed by atoms with Crippen molar-refractivity contribution in [3.8, 4) is 17.2 Å². The SMILES string of the molecule is COC[C@@H](O)CO[C@@H]1CNC[C@H](OCc2cc(OC)c3ccccc3c2)C1c1ccc(OC(C)CCOCc2ccccc2OC)cc1. The molecule has 0 radical (unpaired) electrons. The number of piperidine rings is 1. The molecule has 48 heavy (non-hydrogen) atoms. The van der Waals surface area contributed by atoms with E-state index in [-0.39, 0.29) is 37.4 Å². The molecule has 0 amide bonds. The molecule has 4 aromatic rings. The standard InChI is InChI=1S/C39H49NO8/c1-27(17-18-45-24-31-10-6-8-12-35(31)43-3)48-33-15-13-29(14-16-33)39-37(21-40-22-38(39)47-26-32(41)25-42-2)46-23-28-19-30-9-5-7-11-34(30)36(20-28)44-4/h5-16,19-20,27,32,37-41H,17-18,21-26H2,1-4H3/t27?,32-,37+,38-,39?/m1/s1. The lowest BCUT2D eigenvalue weighted by Crippen LogP contribution is -2.51. The highest BCUT2D eigenvalue weighted by Crippen LogP contribution is 2.33. The number of aliphatic hydroxyl groups excluding tert-OH is 1. The molecule has 1 aliphatic heterocycles. The number of methoxy groups -OCH3 is 3. The van der Waals surface area contributed by atoms with Gasteiger partial charge in [-0.15, -0.1) is 0 Å². The second-order valence-corrected chi connectivity index (χ2v) is 12.2. The Morgan fingerprint density at radius 3 is 2.29 bits per heavy atom. The fourth-order valence-corrected chi connectivity index (χ4v) is 6.19. The fourth-order valence-electron chi connectivity index (χ4n) is 6.19. The van der Waals surface area contributed by atoms with Crippen molar-refractivity contribution in [2.75, 3.05) is 54.2 Å². The first-order chi connectivity index (χ1) is 23.5. The maximum Gasteiger partial charge on any atom is 0.127 e. The summed E-state index contributed by atoms with van der Waals surface area (Å²) in [5.41, 5.74) is 3.15. The van der Waals surface area contributed by atoms with Gasteiger partial charge in [0, 0.05) is 43.5 Å². The van der Waals surface area contributed by atoms with Gasteiger partial charge in [0.1, 0.15) is 23.4 Å². The van der Waals surface area contributed by atoms with Crippen LogP contribution in [0.1, 0.15) is 36.0 Å². The number of fused-ring (bicyclic) bond motifs is 1. The number of rotatable bonds is 18. The van der Waals surface area contributed by atoms with Crippen LogP contribution in [-0.2, 0) is 32.2 Å². The predicted molar refractivity (Wildman–Crippen MR) is 186 cm³/mol. The second-order valence-electron chi connectivity index (χ2n) is 12.2. The van der Waals surface area contributed by atoms with Gasteiger partial charge >= 0.3 is 0 Å². The van der Waals surface area contributed by atoms with E-state index in [2.05, 4.69) is 35.6 Å². The molecular formula is C39H49NO8. The zero-order chi connectivity index (χ0) is 33.7. The van der Waals surface area contributed by atoms with Gasteiger partial charge in [-0.3, -0.25) is 0 Å². The summed E-state index contributed by atoms with van der Waals surface area (Å²) in [4.78, 5) is 0. The average molecular weight is 660 g/mol. The normalized spacial score (nSPS) is 19.1. The van der Waals surface area contributed by atoms with Crippen LogP contribution in [0.4, 0.5) is 0 Å². The lowest BCUT2D eigenvalue weighted by Gasteiger charge is -2.39. The quantitative estimate of drug-likeness (QED) is 0.127. The first-order valence-corrected chi connectivity index (χ1v) is 16.6. The first-order valence-electron chi connectivity index (χ1n) is 16.6. The highest BCUT2D eigenvalue weighted by molar-refractivity contribution is 5.89. The molecule has 5 atom stereocenters. The van der Waals surface area contributed by atoms with E-state index in [0.29, 0.717) is 32.9 Å². The molecule has 1 heterocycles. The van der Waals surface area contributed by atoms with Crippen molar-refractivity contribution < 1.29 is 38.3 Å². The summed E-state index contributed by atoms with van der Waals surface area (Å²) in [6.45, 7) is 5.22. The lowest BCUT2D eigenvalue weighted by molar-refractivity contribution is -0.0856. The fraction of sp³-hybridized carbons (Fsp3) is 0.436. The zero-order valence-electron chi connectivity index (χ0n) is 28.4. The molecule has 1 aliphatic rings. The monoisotopic (exact) mass is 659 g/mol.